The number of aromatic nitrogens is 3. The third-order valence-electron chi connectivity index (χ3n) is 4.81. The lowest BCUT2D eigenvalue weighted by molar-refractivity contribution is -0.119. The summed E-state index contributed by atoms with van der Waals surface area (Å²) in [5, 5.41) is 14.7. The molecule has 7 heteroatoms. The molecule has 0 fully saturated rings. The van der Waals surface area contributed by atoms with E-state index in [1.54, 1.807) is 11.3 Å². The Morgan fingerprint density at radius 1 is 1.30 bits per heavy atom. The summed E-state index contributed by atoms with van der Waals surface area (Å²) in [7, 11) is 0. The zero-order valence-corrected chi connectivity index (χ0v) is 16.9. The quantitative estimate of drug-likeness (QED) is 0.629. The Labute approximate surface area is 167 Å². The number of hydrogen-bond donors (Lipinski definition) is 1. The largest absolute Gasteiger partial charge is 0.349 e. The number of thiophene rings is 1. The van der Waals surface area contributed by atoms with E-state index in [1.165, 1.54) is 22.9 Å². The molecule has 0 radical (unpaired) electrons. The lowest BCUT2D eigenvalue weighted by atomic mass is 9.88. The summed E-state index contributed by atoms with van der Waals surface area (Å²) >= 11 is 3.10. The van der Waals surface area contributed by atoms with Crippen LogP contribution in [0.5, 0.6) is 0 Å². The van der Waals surface area contributed by atoms with E-state index in [4.69, 9.17) is 0 Å². The van der Waals surface area contributed by atoms with Crippen LogP contribution in [0.4, 0.5) is 0 Å². The molecule has 2 heterocycles. The standard InChI is InChI=1S/C20H22N4OS2/c1-2-24-19(17-11-6-12-26-17)22-23-20(24)27-13-18(25)21-16-10-5-8-14-7-3-4-9-15(14)16/h3-4,6-7,9,11-12,16H,2,5,8,10,13H2,1H3,(H,21,25)/t16-/m1/s1. The highest BCUT2D eigenvalue weighted by Gasteiger charge is 2.22. The molecule has 0 saturated carbocycles. The molecule has 0 aliphatic heterocycles. The van der Waals surface area contributed by atoms with Gasteiger partial charge < -0.3 is 9.88 Å². The summed E-state index contributed by atoms with van der Waals surface area (Å²) in [6.07, 6.45) is 3.22. The number of carbonyl (C=O) groups is 1. The first-order valence-corrected chi connectivity index (χ1v) is 11.1. The fourth-order valence-corrected chi connectivity index (χ4v) is 5.07. The van der Waals surface area contributed by atoms with Gasteiger partial charge in [-0.15, -0.1) is 21.5 Å². The highest BCUT2D eigenvalue weighted by Crippen LogP contribution is 2.30. The van der Waals surface area contributed by atoms with Crippen molar-refractivity contribution in [3.05, 3.63) is 52.9 Å². The Balaban J connectivity index is 1.41. The van der Waals surface area contributed by atoms with Crippen LogP contribution in [0.1, 0.15) is 36.9 Å². The number of carbonyl (C=O) groups excluding carboxylic acids is 1. The van der Waals surface area contributed by atoms with Crippen LogP contribution in [0.25, 0.3) is 10.7 Å². The first kappa shape index (κ1) is 18.3. The van der Waals surface area contributed by atoms with Crippen molar-refractivity contribution in [3.8, 4) is 10.7 Å². The first-order chi connectivity index (χ1) is 13.3. The van der Waals surface area contributed by atoms with E-state index in [9.17, 15) is 4.79 Å². The van der Waals surface area contributed by atoms with Crippen LogP contribution in [0.3, 0.4) is 0 Å². The zero-order valence-electron chi connectivity index (χ0n) is 15.2. The molecule has 1 aromatic carbocycles. The lowest BCUT2D eigenvalue weighted by Crippen LogP contribution is -2.32. The number of fused-ring (bicyclic) bond motifs is 1. The molecule has 1 amide bonds. The zero-order chi connectivity index (χ0) is 18.6. The van der Waals surface area contributed by atoms with Crippen LogP contribution in [0.2, 0.25) is 0 Å². The normalized spacial score (nSPS) is 16.1. The smallest absolute Gasteiger partial charge is 0.230 e. The van der Waals surface area contributed by atoms with Gasteiger partial charge in [0.2, 0.25) is 5.91 Å². The van der Waals surface area contributed by atoms with Gasteiger partial charge >= 0.3 is 0 Å². The Morgan fingerprint density at radius 3 is 3.00 bits per heavy atom. The van der Waals surface area contributed by atoms with Gasteiger partial charge in [0.1, 0.15) is 0 Å². The second-order valence-electron chi connectivity index (χ2n) is 6.53. The van der Waals surface area contributed by atoms with E-state index in [1.807, 2.05) is 23.6 Å². The third kappa shape index (κ3) is 3.94. The molecule has 0 saturated heterocycles. The van der Waals surface area contributed by atoms with Crippen molar-refractivity contribution in [1.82, 2.24) is 20.1 Å². The number of nitrogens with one attached hydrogen (secondary N) is 1. The van der Waals surface area contributed by atoms with Gasteiger partial charge in [0, 0.05) is 6.54 Å². The summed E-state index contributed by atoms with van der Waals surface area (Å²) < 4.78 is 2.07. The molecule has 5 nitrogen and oxygen atoms in total. The van der Waals surface area contributed by atoms with Crippen LogP contribution in [0.15, 0.2) is 46.9 Å². The van der Waals surface area contributed by atoms with E-state index in [0.29, 0.717) is 5.75 Å². The molecular weight excluding hydrogens is 376 g/mol. The Bertz CT molecular complexity index is 920. The van der Waals surface area contributed by atoms with Crippen molar-refractivity contribution in [1.29, 1.82) is 0 Å². The van der Waals surface area contributed by atoms with Crippen LogP contribution in [-0.4, -0.2) is 26.4 Å². The van der Waals surface area contributed by atoms with Gasteiger partial charge in [-0.1, -0.05) is 42.1 Å². The van der Waals surface area contributed by atoms with Crippen molar-refractivity contribution >= 4 is 29.0 Å². The molecule has 0 bridgehead atoms. The van der Waals surface area contributed by atoms with Crippen molar-refractivity contribution < 1.29 is 4.79 Å². The molecule has 0 unspecified atom stereocenters. The molecule has 1 N–H and O–H groups in total. The summed E-state index contributed by atoms with van der Waals surface area (Å²) in [5.41, 5.74) is 2.62. The average molecular weight is 399 g/mol. The highest BCUT2D eigenvalue weighted by molar-refractivity contribution is 7.99. The van der Waals surface area contributed by atoms with E-state index in [2.05, 4.69) is 45.2 Å². The van der Waals surface area contributed by atoms with Crippen LogP contribution in [-0.2, 0) is 17.8 Å². The number of hydrogen-bond acceptors (Lipinski definition) is 5. The van der Waals surface area contributed by atoms with E-state index >= 15 is 0 Å². The van der Waals surface area contributed by atoms with Gasteiger partial charge in [0.05, 0.1) is 16.7 Å². The number of rotatable bonds is 6. The summed E-state index contributed by atoms with van der Waals surface area (Å²) in [6, 6.07) is 12.6. The SMILES string of the molecule is CCn1c(SCC(=O)N[C@@H]2CCCc3ccccc32)nnc1-c1cccs1. The van der Waals surface area contributed by atoms with Crippen molar-refractivity contribution in [2.75, 3.05) is 5.75 Å². The molecule has 1 aliphatic rings. The Morgan fingerprint density at radius 2 is 2.19 bits per heavy atom. The molecule has 140 valence electrons. The molecule has 2 aromatic heterocycles. The van der Waals surface area contributed by atoms with Crippen LogP contribution >= 0.6 is 23.1 Å². The summed E-state index contributed by atoms with van der Waals surface area (Å²) in [6.45, 7) is 2.85. The molecule has 1 aliphatic carbocycles. The van der Waals surface area contributed by atoms with Gasteiger partial charge in [0.25, 0.3) is 0 Å². The minimum Gasteiger partial charge on any atom is -0.349 e. The number of aryl methyl sites for hydroxylation is 1. The predicted octanol–water partition coefficient (Wildman–Crippen LogP) is 4.31. The van der Waals surface area contributed by atoms with Crippen molar-refractivity contribution in [2.45, 2.75) is 43.9 Å². The second-order valence-corrected chi connectivity index (χ2v) is 8.42. The minimum absolute atomic E-state index is 0.0463. The van der Waals surface area contributed by atoms with E-state index in [0.717, 1.165) is 41.7 Å². The predicted molar refractivity (Wildman–Crippen MR) is 110 cm³/mol. The van der Waals surface area contributed by atoms with Crippen molar-refractivity contribution in [2.24, 2.45) is 0 Å². The Kier molecular flexibility index (Phi) is 5.59. The molecule has 0 spiro atoms. The molecule has 3 aromatic rings. The number of amides is 1. The molecular formula is C20H22N4OS2. The van der Waals surface area contributed by atoms with Crippen molar-refractivity contribution in [3.63, 3.8) is 0 Å². The van der Waals surface area contributed by atoms with Gasteiger partial charge in [-0.2, -0.15) is 0 Å². The van der Waals surface area contributed by atoms with E-state index < -0.39 is 0 Å². The third-order valence-corrected chi connectivity index (χ3v) is 6.64. The van der Waals surface area contributed by atoms with Gasteiger partial charge in [0.15, 0.2) is 11.0 Å². The maximum atomic E-state index is 12.5. The molecule has 4 rings (SSSR count). The van der Waals surface area contributed by atoms with Gasteiger partial charge in [-0.25, -0.2) is 0 Å². The average Bonchev–Trinajstić information content (AvgIpc) is 3.36. The lowest BCUT2D eigenvalue weighted by Gasteiger charge is -2.26. The van der Waals surface area contributed by atoms with Gasteiger partial charge in [-0.05, 0) is 48.8 Å². The highest BCUT2D eigenvalue weighted by atomic mass is 32.2. The minimum atomic E-state index is 0.0463. The maximum absolute atomic E-state index is 12.5. The van der Waals surface area contributed by atoms with E-state index in [-0.39, 0.29) is 11.9 Å². The number of nitrogens with zero attached hydrogens (tertiary/aromatic N) is 3. The monoisotopic (exact) mass is 398 g/mol. The fourth-order valence-electron chi connectivity index (χ4n) is 3.54. The first-order valence-electron chi connectivity index (χ1n) is 9.23. The number of benzene rings is 1. The molecule has 27 heavy (non-hydrogen) atoms. The van der Waals surface area contributed by atoms with Crippen LogP contribution in [0, 0.1) is 0 Å². The summed E-state index contributed by atoms with van der Waals surface area (Å²) in [5.74, 6) is 1.27. The fraction of sp³-hybridized carbons (Fsp3) is 0.350. The Hall–Kier alpha value is -2.12. The summed E-state index contributed by atoms with van der Waals surface area (Å²) in [4.78, 5) is 13.6. The molecule has 1 atom stereocenters. The topological polar surface area (TPSA) is 59.8 Å². The van der Waals surface area contributed by atoms with Crippen LogP contribution < -0.4 is 5.32 Å². The number of thioether (sulfide) groups is 1. The second kappa shape index (κ2) is 8.27. The maximum Gasteiger partial charge on any atom is 0.230 e. The van der Waals surface area contributed by atoms with Gasteiger partial charge in [-0.3, -0.25) is 4.79 Å².